The zero-order valence-electron chi connectivity index (χ0n) is 14.5. The van der Waals surface area contributed by atoms with Gasteiger partial charge in [-0.3, -0.25) is 14.8 Å². The molecule has 0 spiro atoms. The van der Waals surface area contributed by atoms with Crippen LogP contribution in [0.4, 0.5) is 11.5 Å². The van der Waals surface area contributed by atoms with E-state index in [-0.39, 0.29) is 5.91 Å². The summed E-state index contributed by atoms with van der Waals surface area (Å²) in [6.45, 7) is 1.22. The van der Waals surface area contributed by atoms with Crippen LogP contribution in [0.15, 0.2) is 61.2 Å². The molecule has 0 radical (unpaired) electrons. The van der Waals surface area contributed by atoms with Crippen LogP contribution in [-0.2, 0) is 13.0 Å². The molecular weight excluding hydrogens is 326 g/mol. The highest BCUT2D eigenvalue weighted by atomic mass is 16.2. The average molecular weight is 345 g/mol. The maximum atomic E-state index is 13.2. The molecule has 0 saturated carbocycles. The summed E-state index contributed by atoms with van der Waals surface area (Å²) < 4.78 is 0. The molecule has 6 heteroatoms. The molecule has 3 aromatic rings. The van der Waals surface area contributed by atoms with E-state index in [1.54, 1.807) is 30.9 Å². The van der Waals surface area contributed by atoms with Crippen LogP contribution in [-0.4, -0.2) is 34.5 Å². The number of benzene rings is 1. The standard InChI is InChI=1S/C20H19N5O/c1-24(14-16-13-21-10-11-22-16)19-17(6-4-9-23-19)20(26)25-12-8-15-5-2-3-7-18(15)25/h2-7,9-11,13H,8,12,14H2,1H3. The second-order valence-corrected chi connectivity index (χ2v) is 6.26. The monoisotopic (exact) mass is 345 g/mol. The first-order valence-corrected chi connectivity index (χ1v) is 8.55. The molecule has 130 valence electrons. The smallest absolute Gasteiger partial charge is 0.262 e. The van der Waals surface area contributed by atoms with E-state index in [2.05, 4.69) is 21.0 Å². The molecule has 0 saturated heterocycles. The third-order valence-electron chi connectivity index (χ3n) is 4.53. The van der Waals surface area contributed by atoms with E-state index in [4.69, 9.17) is 0 Å². The SMILES string of the molecule is CN(Cc1cnccn1)c1ncccc1C(=O)N1CCc2ccccc21. The van der Waals surface area contributed by atoms with E-state index < -0.39 is 0 Å². The molecule has 6 nitrogen and oxygen atoms in total. The van der Waals surface area contributed by atoms with Gasteiger partial charge in [-0.15, -0.1) is 0 Å². The number of pyridine rings is 1. The first-order chi connectivity index (χ1) is 12.7. The lowest BCUT2D eigenvalue weighted by Crippen LogP contribution is -2.31. The summed E-state index contributed by atoms with van der Waals surface area (Å²) in [6, 6.07) is 11.7. The predicted molar refractivity (Wildman–Crippen MR) is 100 cm³/mol. The Kier molecular flexibility index (Phi) is 4.31. The molecule has 1 aromatic carbocycles. The highest BCUT2D eigenvalue weighted by molar-refractivity contribution is 6.10. The van der Waals surface area contributed by atoms with Crippen LogP contribution < -0.4 is 9.80 Å². The first-order valence-electron chi connectivity index (χ1n) is 8.55. The fraction of sp³-hybridized carbons (Fsp3) is 0.200. The Hall–Kier alpha value is -3.28. The van der Waals surface area contributed by atoms with Crippen LogP contribution in [0.2, 0.25) is 0 Å². The van der Waals surface area contributed by atoms with Gasteiger partial charge in [0.2, 0.25) is 0 Å². The number of rotatable bonds is 4. The van der Waals surface area contributed by atoms with Crippen molar-refractivity contribution >= 4 is 17.4 Å². The minimum absolute atomic E-state index is 0.0240. The molecule has 2 aromatic heterocycles. The van der Waals surface area contributed by atoms with Crippen LogP contribution in [0, 0.1) is 0 Å². The van der Waals surface area contributed by atoms with Crippen molar-refractivity contribution in [3.8, 4) is 0 Å². The lowest BCUT2D eigenvalue weighted by atomic mass is 10.1. The number of carbonyl (C=O) groups is 1. The third kappa shape index (κ3) is 3.01. The fourth-order valence-electron chi connectivity index (χ4n) is 3.29. The summed E-state index contributed by atoms with van der Waals surface area (Å²) in [5.74, 6) is 0.622. The lowest BCUT2D eigenvalue weighted by Gasteiger charge is -2.23. The van der Waals surface area contributed by atoms with Crippen LogP contribution in [0.1, 0.15) is 21.6 Å². The van der Waals surface area contributed by atoms with Crippen molar-refractivity contribution in [2.45, 2.75) is 13.0 Å². The molecule has 0 aliphatic carbocycles. The van der Waals surface area contributed by atoms with Crippen LogP contribution in [0.5, 0.6) is 0 Å². The van der Waals surface area contributed by atoms with E-state index >= 15 is 0 Å². The Balaban J connectivity index is 1.63. The van der Waals surface area contributed by atoms with Gasteiger partial charge in [0, 0.05) is 37.9 Å². The molecule has 26 heavy (non-hydrogen) atoms. The minimum Gasteiger partial charge on any atom is -0.353 e. The molecule has 0 atom stereocenters. The molecule has 0 bridgehead atoms. The topological polar surface area (TPSA) is 62.2 Å². The van der Waals surface area contributed by atoms with Crippen molar-refractivity contribution in [1.82, 2.24) is 15.0 Å². The fourth-order valence-corrected chi connectivity index (χ4v) is 3.29. The number of hydrogen-bond acceptors (Lipinski definition) is 5. The van der Waals surface area contributed by atoms with Crippen LogP contribution in [0.3, 0.4) is 0 Å². The van der Waals surface area contributed by atoms with E-state index in [9.17, 15) is 4.79 Å². The number of amides is 1. The number of nitrogens with zero attached hydrogens (tertiary/aromatic N) is 5. The minimum atomic E-state index is -0.0240. The summed E-state index contributed by atoms with van der Waals surface area (Å²) in [7, 11) is 1.91. The zero-order chi connectivity index (χ0) is 17.9. The quantitative estimate of drug-likeness (QED) is 0.727. The molecule has 4 rings (SSSR count). The predicted octanol–water partition coefficient (Wildman–Crippen LogP) is 2.71. The van der Waals surface area contributed by atoms with Gasteiger partial charge in [0.05, 0.1) is 24.0 Å². The molecule has 0 fully saturated rings. The Morgan fingerprint density at radius 1 is 1.12 bits per heavy atom. The van der Waals surface area contributed by atoms with Gasteiger partial charge >= 0.3 is 0 Å². The number of hydrogen-bond donors (Lipinski definition) is 0. The summed E-state index contributed by atoms with van der Waals surface area (Å²) in [6.07, 6.45) is 7.61. The van der Waals surface area contributed by atoms with Crippen molar-refractivity contribution < 1.29 is 4.79 Å². The Bertz CT molecular complexity index is 928. The molecule has 3 heterocycles. The van der Waals surface area contributed by atoms with Crippen molar-refractivity contribution in [2.24, 2.45) is 0 Å². The third-order valence-corrected chi connectivity index (χ3v) is 4.53. The highest BCUT2D eigenvalue weighted by Gasteiger charge is 2.27. The molecular formula is C20H19N5O. The van der Waals surface area contributed by atoms with Gasteiger partial charge in [-0.25, -0.2) is 4.98 Å². The number of para-hydroxylation sites is 1. The Morgan fingerprint density at radius 2 is 2.00 bits per heavy atom. The lowest BCUT2D eigenvalue weighted by molar-refractivity contribution is 0.0989. The number of carbonyl (C=O) groups excluding carboxylic acids is 1. The van der Waals surface area contributed by atoms with Crippen molar-refractivity contribution in [3.05, 3.63) is 78.0 Å². The normalized spacial score (nSPS) is 12.7. The van der Waals surface area contributed by atoms with E-state index in [0.29, 0.717) is 24.5 Å². The van der Waals surface area contributed by atoms with Gasteiger partial charge in [0.15, 0.2) is 0 Å². The summed E-state index contributed by atoms with van der Waals surface area (Å²) in [5.41, 5.74) is 3.62. The molecule has 0 unspecified atom stereocenters. The maximum absolute atomic E-state index is 13.2. The molecule has 0 N–H and O–H groups in total. The van der Waals surface area contributed by atoms with Crippen molar-refractivity contribution in [3.63, 3.8) is 0 Å². The maximum Gasteiger partial charge on any atom is 0.262 e. The summed E-state index contributed by atoms with van der Waals surface area (Å²) in [4.78, 5) is 29.8. The Morgan fingerprint density at radius 3 is 2.85 bits per heavy atom. The molecule has 1 aliphatic rings. The van der Waals surface area contributed by atoms with Gasteiger partial charge in [0.25, 0.3) is 5.91 Å². The zero-order valence-corrected chi connectivity index (χ0v) is 14.5. The number of fused-ring (bicyclic) bond motifs is 1. The molecule has 1 aliphatic heterocycles. The van der Waals surface area contributed by atoms with Gasteiger partial charge in [-0.05, 0) is 30.2 Å². The van der Waals surface area contributed by atoms with Gasteiger partial charge in [-0.2, -0.15) is 0 Å². The number of anilines is 2. The van der Waals surface area contributed by atoms with Gasteiger partial charge < -0.3 is 9.80 Å². The second-order valence-electron chi connectivity index (χ2n) is 6.26. The van der Waals surface area contributed by atoms with Crippen molar-refractivity contribution in [1.29, 1.82) is 0 Å². The van der Waals surface area contributed by atoms with E-state index in [1.807, 2.05) is 41.1 Å². The van der Waals surface area contributed by atoms with Crippen molar-refractivity contribution in [2.75, 3.05) is 23.4 Å². The van der Waals surface area contributed by atoms with E-state index in [1.165, 1.54) is 5.56 Å². The largest absolute Gasteiger partial charge is 0.353 e. The number of aromatic nitrogens is 3. The van der Waals surface area contributed by atoms with Gasteiger partial charge in [-0.1, -0.05) is 18.2 Å². The first kappa shape index (κ1) is 16.2. The van der Waals surface area contributed by atoms with Crippen LogP contribution >= 0.6 is 0 Å². The highest BCUT2D eigenvalue weighted by Crippen LogP contribution is 2.30. The Labute approximate surface area is 152 Å². The van der Waals surface area contributed by atoms with E-state index in [0.717, 1.165) is 17.8 Å². The molecule has 1 amide bonds. The second kappa shape index (κ2) is 6.92. The van der Waals surface area contributed by atoms with Crippen LogP contribution in [0.25, 0.3) is 0 Å². The summed E-state index contributed by atoms with van der Waals surface area (Å²) >= 11 is 0. The average Bonchev–Trinajstić information content (AvgIpc) is 3.12. The van der Waals surface area contributed by atoms with Gasteiger partial charge in [0.1, 0.15) is 5.82 Å². The summed E-state index contributed by atoms with van der Waals surface area (Å²) in [5, 5.41) is 0.